The van der Waals surface area contributed by atoms with E-state index in [1.807, 2.05) is 13.8 Å². The van der Waals surface area contributed by atoms with Gasteiger partial charge in [0.05, 0.1) is 19.2 Å². The van der Waals surface area contributed by atoms with Gasteiger partial charge in [-0.2, -0.15) is 0 Å². The zero-order valence-corrected chi connectivity index (χ0v) is 12.3. The van der Waals surface area contributed by atoms with Crippen molar-refractivity contribution in [3.8, 4) is 0 Å². The lowest BCUT2D eigenvalue weighted by Gasteiger charge is -2.23. The normalized spacial score (nSPS) is 12.4. The van der Waals surface area contributed by atoms with E-state index in [9.17, 15) is 9.18 Å². The minimum absolute atomic E-state index is 0.0795. The molecule has 2 N–H and O–H groups in total. The number of carbonyl (C=O) groups excluding carboxylic acids is 1. The number of ether oxygens (including phenoxy) is 1. The standard InChI is InChI=1S/C15H23FN2O2/c1-11(2)15(12-4-6-13(16)7-5-12)18-14(19)10-17-8-9-20-3/h4-7,11,15,17H,8-10H2,1-3H3,(H,18,19). The van der Waals surface area contributed by atoms with Crippen LogP contribution in [-0.2, 0) is 9.53 Å². The predicted molar refractivity (Wildman–Crippen MR) is 76.9 cm³/mol. The Bertz CT molecular complexity index is 407. The van der Waals surface area contributed by atoms with Crippen LogP contribution >= 0.6 is 0 Å². The monoisotopic (exact) mass is 282 g/mol. The molecule has 5 heteroatoms. The number of hydrogen-bond acceptors (Lipinski definition) is 3. The molecule has 1 unspecified atom stereocenters. The second-order valence-corrected chi connectivity index (χ2v) is 5.01. The van der Waals surface area contributed by atoms with Crippen LogP contribution in [0, 0.1) is 11.7 Å². The first-order valence-electron chi connectivity index (χ1n) is 6.79. The van der Waals surface area contributed by atoms with Gasteiger partial charge in [-0.3, -0.25) is 4.79 Å². The van der Waals surface area contributed by atoms with Crippen LogP contribution in [0.4, 0.5) is 4.39 Å². The molecule has 0 radical (unpaired) electrons. The summed E-state index contributed by atoms with van der Waals surface area (Å²) in [6, 6.07) is 6.12. The Kier molecular flexibility index (Phi) is 7.18. The summed E-state index contributed by atoms with van der Waals surface area (Å²) in [6.45, 7) is 5.48. The number of amides is 1. The molecule has 0 aliphatic heterocycles. The molecule has 0 aliphatic rings. The lowest BCUT2D eigenvalue weighted by atomic mass is 9.96. The fourth-order valence-electron chi connectivity index (χ4n) is 1.91. The second kappa shape index (κ2) is 8.66. The molecule has 0 spiro atoms. The summed E-state index contributed by atoms with van der Waals surface area (Å²) in [4.78, 5) is 11.9. The van der Waals surface area contributed by atoms with Crippen molar-refractivity contribution < 1.29 is 13.9 Å². The van der Waals surface area contributed by atoms with E-state index in [1.165, 1.54) is 12.1 Å². The maximum absolute atomic E-state index is 12.9. The third kappa shape index (κ3) is 5.67. The van der Waals surface area contributed by atoms with Crippen LogP contribution in [0.2, 0.25) is 0 Å². The van der Waals surface area contributed by atoms with Crippen LogP contribution in [0.1, 0.15) is 25.5 Å². The van der Waals surface area contributed by atoms with Crippen LogP contribution in [0.15, 0.2) is 24.3 Å². The number of rotatable bonds is 8. The maximum Gasteiger partial charge on any atom is 0.234 e. The number of methoxy groups -OCH3 is 1. The third-order valence-electron chi connectivity index (χ3n) is 2.98. The van der Waals surface area contributed by atoms with Crippen molar-refractivity contribution in [2.45, 2.75) is 19.9 Å². The topological polar surface area (TPSA) is 50.4 Å². The van der Waals surface area contributed by atoms with Gasteiger partial charge >= 0.3 is 0 Å². The lowest BCUT2D eigenvalue weighted by Crippen LogP contribution is -2.38. The molecule has 0 saturated carbocycles. The molecular formula is C15H23FN2O2. The molecule has 0 bridgehead atoms. The Labute approximate surface area is 119 Å². The highest BCUT2D eigenvalue weighted by atomic mass is 19.1. The molecule has 0 saturated heterocycles. The molecule has 20 heavy (non-hydrogen) atoms. The van der Waals surface area contributed by atoms with Gasteiger partial charge in [-0.05, 0) is 23.6 Å². The van der Waals surface area contributed by atoms with Crippen molar-refractivity contribution in [2.24, 2.45) is 5.92 Å². The Hall–Kier alpha value is -1.46. The molecule has 1 rings (SSSR count). The summed E-state index contributed by atoms with van der Waals surface area (Å²) in [5.41, 5.74) is 0.909. The van der Waals surface area contributed by atoms with Crippen molar-refractivity contribution in [3.05, 3.63) is 35.6 Å². The zero-order chi connectivity index (χ0) is 15.0. The van der Waals surface area contributed by atoms with Gasteiger partial charge in [-0.15, -0.1) is 0 Å². The minimum atomic E-state index is -0.274. The van der Waals surface area contributed by atoms with Crippen molar-refractivity contribution in [1.29, 1.82) is 0 Å². The lowest BCUT2D eigenvalue weighted by molar-refractivity contribution is -0.121. The molecule has 4 nitrogen and oxygen atoms in total. The van der Waals surface area contributed by atoms with Gasteiger partial charge in [0.1, 0.15) is 5.82 Å². The Morgan fingerprint density at radius 1 is 1.30 bits per heavy atom. The van der Waals surface area contributed by atoms with Crippen molar-refractivity contribution in [1.82, 2.24) is 10.6 Å². The third-order valence-corrected chi connectivity index (χ3v) is 2.98. The van der Waals surface area contributed by atoms with E-state index in [0.29, 0.717) is 13.2 Å². The minimum Gasteiger partial charge on any atom is -0.383 e. The van der Waals surface area contributed by atoms with Gasteiger partial charge in [0.25, 0.3) is 0 Å². The summed E-state index contributed by atoms with van der Waals surface area (Å²) < 4.78 is 17.8. The molecule has 1 aromatic carbocycles. The van der Waals surface area contributed by atoms with Crippen LogP contribution in [0.5, 0.6) is 0 Å². The largest absolute Gasteiger partial charge is 0.383 e. The molecule has 0 fully saturated rings. The van der Waals surface area contributed by atoms with E-state index in [-0.39, 0.29) is 30.2 Å². The van der Waals surface area contributed by atoms with E-state index in [1.54, 1.807) is 19.2 Å². The summed E-state index contributed by atoms with van der Waals surface area (Å²) in [7, 11) is 1.62. The highest BCUT2D eigenvalue weighted by molar-refractivity contribution is 5.78. The van der Waals surface area contributed by atoms with Gasteiger partial charge in [-0.25, -0.2) is 4.39 Å². The van der Waals surface area contributed by atoms with Crippen molar-refractivity contribution in [2.75, 3.05) is 26.8 Å². The van der Waals surface area contributed by atoms with E-state index in [2.05, 4.69) is 10.6 Å². The number of benzene rings is 1. The molecule has 0 aliphatic carbocycles. The SMILES string of the molecule is COCCNCC(=O)NC(c1ccc(F)cc1)C(C)C. The van der Waals surface area contributed by atoms with Crippen molar-refractivity contribution >= 4 is 5.91 Å². The van der Waals surface area contributed by atoms with E-state index in [0.717, 1.165) is 5.56 Å². The Balaban J connectivity index is 2.55. The zero-order valence-electron chi connectivity index (χ0n) is 12.3. The molecule has 0 aromatic heterocycles. The molecular weight excluding hydrogens is 259 g/mol. The second-order valence-electron chi connectivity index (χ2n) is 5.01. The summed E-state index contributed by atoms with van der Waals surface area (Å²) in [6.07, 6.45) is 0. The Morgan fingerprint density at radius 2 is 1.95 bits per heavy atom. The summed E-state index contributed by atoms with van der Waals surface area (Å²) >= 11 is 0. The molecule has 0 heterocycles. The molecule has 1 atom stereocenters. The summed E-state index contributed by atoms with van der Waals surface area (Å²) in [5, 5.41) is 5.96. The number of hydrogen-bond donors (Lipinski definition) is 2. The number of halogens is 1. The van der Waals surface area contributed by atoms with Gasteiger partial charge in [0.2, 0.25) is 5.91 Å². The van der Waals surface area contributed by atoms with E-state index < -0.39 is 0 Å². The average molecular weight is 282 g/mol. The van der Waals surface area contributed by atoms with Crippen LogP contribution < -0.4 is 10.6 Å². The predicted octanol–water partition coefficient (Wildman–Crippen LogP) is 1.87. The van der Waals surface area contributed by atoms with Gasteiger partial charge in [0, 0.05) is 13.7 Å². The first-order chi connectivity index (χ1) is 9.54. The Morgan fingerprint density at radius 3 is 2.50 bits per heavy atom. The van der Waals surface area contributed by atoms with Crippen LogP contribution in [-0.4, -0.2) is 32.7 Å². The van der Waals surface area contributed by atoms with Gasteiger partial charge < -0.3 is 15.4 Å². The van der Waals surface area contributed by atoms with Crippen LogP contribution in [0.25, 0.3) is 0 Å². The average Bonchev–Trinajstić information content (AvgIpc) is 2.42. The van der Waals surface area contributed by atoms with E-state index >= 15 is 0 Å². The molecule has 112 valence electrons. The fourth-order valence-corrected chi connectivity index (χ4v) is 1.91. The van der Waals surface area contributed by atoms with Crippen LogP contribution in [0.3, 0.4) is 0 Å². The molecule has 1 aromatic rings. The highest BCUT2D eigenvalue weighted by Gasteiger charge is 2.18. The highest BCUT2D eigenvalue weighted by Crippen LogP contribution is 2.21. The molecule has 1 amide bonds. The van der Waals surface area contributed by atoms with Crippen molar-refractivity contribution in [3.63, 3.8) is 0 Å². The summed E-state index contributed by atoms with van der Waals surface area (Å²) in [5.74, 6) is -0.128. The van der Waals surface area contributed by atoms with Gasteiger partial charge in [0.15, 0.2) is 0 Å². The quantitative estimate of drug-likeness (QED) is 0.716. The number of carbonyl (C=O) groups is 1. The van der Waals surface area contributed by atoms with E-state index in [4.69, 9.17) is 4.74 Å². The smallest absolute Gasteiger partial charge is 0.234 e. The maximum atomic E-state index is 12.9. The fraction of sp³-hybridized carbons (Fsp3) is 0.533. The van der Waals surface area contributed by atoms with Gasteiger partial charge in [-0.1, -0.05) is 26.0 Å². The first kappa shape index (κ1) is 16.6. The number of nitrogens with one attached hydrogen (secondary N) is 2. The first-order valence-corrected chi connectivity index (χ1v) is 6.79.